The predicted octanol–water partition coefficient (Wildman–Crippen LogP) is 1.41. The third kappa shape index (κ3) is 2.24. The third-order valence-electron chi connectivity index (χ3n) is 2.81. The number of Topliss-reactive ketones (excluding diaryl/α,β-unsaturated/α-hetero) is 1. The monoisotopic (exact) mass is 287 g/mol. The molecule has 1 aliphatic rings. The zero-order chi connectivity index (χ0) is 15.1. The Balaban J connectivity index is 2.44. The molecule has 1 aromatic carbocycles. The Hall–Kier alpha value is -2.38. The molecule has 1 heterocycles. The van der Waals surface area contributed by atoms with Gasteiger partial charge in [0.1, 0.15) is 6.54 Å². The molecule has 8 heteroatoms. The molecule has 0 radical (unpaired) electrons. The summed E-state index contributed by atoms with van der Waals surface area (Å²) in [7, 11) is 1.10. The molecule has 0 unspecified atom stereocenters. The first-order valence-corrected chi connectivity index (χ1v) is 5.40. The largest absolute Gasteiger partial charge is 0.468 e. The molecule has 0 N–H and O–H groups in total. The summed E-state index contributed by atoms with van der Waals surface area (Å²) in [6.07, 6.45) is -4.62. The van der Waals surface area contributed by atoms with Crippen LogP contribution in [0.3, 0.4) is 0 Å². The first kappa shape index (κ1) is 14.0. The third-order valence-corrected chi connectivity index (χ3v) is 2.81. The van der Waals surface area contributed by atoms with Crippen LogP contribution in [0.25, 0.3) is 0 Å². The van der Waals surface area contributed by atoms with Gasteiger partial charge in [0.15, 0.2) is 0 Å². The number of esters is 1. The SMILES string of the molecule is COC(=O)CN1C(=O)C(=O)c2cc(C(F)(F)F)ccc21. The Bertz CT molecular complexity index is 609. The molecule has 0 bridgehead atoms. The molecular weight excluding hydrogens is 279 g/mol. The summed E-state index contributed by atoms with van der Waals surface area (Å²) < 4.78 is 42.0. The van der Waals surface area contributed by atoms with Gasteiger partial charge < -0.3 is 4.74 Å². The number of ether oxygens (including phenoxy) is 1. The highest BCUT2D eigenvalue weighted by Gasteiger charge is 2.40. The Kier molecular flexibility index (Phi) is 3.24. The molecule has 0 fully saturated rings. The minimum atomic E-state index is -4.62. The fourth-order valence-electron chi connectivity index (χ4n) is 1.83. The fraction of sp³-hybridized carbons (Fsp3) is 0.250. The number of carbonyl (C=O) groups is 3. The van der Waals surface area contributed by atoms with Crippen molar-refractivity contribution in [3.8, 4) is 0 Å². The smallest absolute Gasteiger partial charge is 0.416 e. The van der Waals surface area contributed by atoms with E-state index in [4.69, 9.17) is 0 Å². The van der Waals surface area contributed by atoms with E-state index in [1.807, 2.05) is 0 Å². The van der Waals surface area contributed by atoms with E-state index in [1.165, 1.54) is 0 Å². The van der Waals surface area contributed by atoms with Crippen LogP contribution in [0.4, 0.5) is 18.9 Å². The number of methoxy groups -OCH3 is 1. The maximum absolute atomic E-state index is 12.6. The van der Waals surface area contributed by atoms with E-state index < -0.39 is 35.9 Å². The molecule has 0 aromatic heterocycles. The van der Waals surface area contributed by atoms with Crippen LogP contribution in [0.15, 0.2) is 18.2 Å². The summed E-state index contributed by atoms with van der Waals surface area (Å²) in [5, 5.41) is 0. The number of hydrogen-bond acceptors (Lipinski definition) is 4. The van der Waals surface area contributed by atoms with E-state index in [2.05, 4.69) is 4.74 Å². The molecule has 0 saturated carbocycles. The van der Waals surface area contributed by atoms with E-state index in [9.17, 15) is 27.6 Å². The molecule has 1 aromatic rings. The topological polar surface area (TPSA) is 63.7 Å². The van der Waals surface area contributed by atoms with Crippen LogP contribution in [-0.4, -0.2) is 31.3 Å². The van der Waals surface area contributed by atoms with Crippen LogP contribution in [-0.2, 0) is 20.5 Å². The second-order valence-corrected chi connectivity index (χ2v) is 4.03. The first-order chi connectivity index (χ1) is 9.25. The van der Waals surface area contributed by atoms with Crippen molar-refractivity contribution in [2.24, 2.45) is 0 Å². The number of rotatable bonds is 2. The lowest BCUT2D eigenvalue weighted by Gasteiger charge is -2.15. The highest BCUT2D eigenvalue weighted by molar-refractivity contribution is 6.52. The van der Waals surface area contributed by atoms with Crippen LogP contribution in [0, 0.1) is 0 Å². The fourth-order valence-corrected chi connectivity index (χ4v) is 1.83. The number of nitrogens with zero attached hydrogens (tertiary/aromatic N) is 1. The molecule has 1 amide bonds. The normalized spacial score (nSPS) is 14.5. The average Bonchev–Trinajstić information content (AvgIpc) is 2.62. The van der Waals surface area contributed by atoms with Crippen LogP contribution < -0.4 is 4.90 Å². The van der Waals surface area contributed by atoms with E-state index in [0.717, 1.165) is 24.1 Å². The van der Waals surface area contributed by atoms with Gasteiger partial charge in [-0.15, -0.1) is 0 Å². The van der Waals surface area contributed by atoms with Crippen molar-refractivity contribution < 1.29 is 32.3 Å². The second-order valence-electron chi connectivity index (χ2n) is 4.03. The quantitative estimate of drug-likeness (QED) is 0.609. The summed E-state index contributed by atoms with van der Waals surface area (Å²) in [6.45, 7) is -0.528. The minimum Gasteiger partial charge on any atom is -0.468 e. The second kappa shape index (κ2) is 4.62. The van der Waals surface area contributed by atoms with Crippen LogP contribution >= 0.6 is 0 Å². The Morgan fingerprint density at radius 1 is 1.30 bits per heavy atom. The molecule has 20 heavy (non-hydrogen) atoms. The van der Waals surface area contributed by atoms with E-state index in [-0.39, 0.29) is 11.3 Å². The van der Waals surface area contributed by atoms with Gasteiger partial charge >= 0.3 is 12.1 Å². The lowest BCUT2D eigenvalue weighted by atomic mass is 10.1. The number of halogens is 3. The number of anilines is 1. The Morgan fingerprint density at radius 3 is 2.50 bits per heavy atom. The van der Waals surface area contributed by atoms with Crippen molar-refractivity contribution in [3.05, 3.63) is 29.3 Å². The summed E-state index contributed by atoms with van der Waals surface area (Å²) >= 11 is 0. The van der Waals surface area contributed by atoms with Gasteiger partial charge in [0.25, 0.3) is 11.7 Å². The summed E-state index contributed by atoms with van der Waals surface area (Å²) in [4.78, 5) is 35.3. The highest BCUT2D eigenvalue weighted by atomic mass is 19.4. The zero-order valence-electron chi connectivity index (χ0n) is 10.2. The molecule has 1 aliphatic heterocycles. The summed E-state index contributed by atoms with van der Waals surface area (Å²) in [6, 6.07) is 2.34. The number of alkyl halides is 3. The first-order valence-electron chi connectivity index (χ1n) is 5.40. The van der Waals surface area contributed by atoms with Crippen molar-refractivity contribution in [1.82, 2.24) is 0 Å². The van der Waals surface area contributed by atoms with Gasteiger partial charge in [0, 0.05) is 0 Å². The van der Waals surface area contributed by atoms with E-state index >= 15 is 0 Å². The maximum atomic E-state index is 12.6. The molecule has 5 nitrogen and oxygen atoms in total. The van der Waals surface area contributed by atoms with Crippen molar-refractivity contribution in [2.45, 2.75) is 6.18 Å². The van der Waals surface area contributed by atoms with Gasteiger partial charge in [-0.05, 0) is 18.2 Å². The minimum absolute atomic E-state index is 0.0293. The lowest BCUT2D eigenvalue weighted by molar-refractivity contribution is -0.140. The van der Waals surface area contributed by atoms with Crippen molar-refractivity contribution in [1.29, 1.82) is 0 Å². The van der Waals surface area contributed by atoms with Gasteiger partial charge in [-0.25, -0.2) is 0 Å². The van der Waals surface area contributed by atoms with E-state index in [1.54, 1.807) is 0 Å². The van der Waals surface area contributed by atoms with Crippen LogP contribution in [0.1, 0.15) is 15.9 Å². The Labute approximate surface area is 110 Å². The van der Waals surface area contributed by atoms with Crippen LogP contribution in [0.2, 0.25) is 0 Å². The maximum Gasteiger partial charge on any atom is 0.416 e. The Morgan fingerprint density at radius 2 is 1.95 bits per heavy atom. The van der Waals surface area contributed by atoms with Crippen molar-refractivity contribution in [2.75, 3.05) is 18.6 Å². The number of benzene rings is 1. The molecular formula is C12H8F3NO4. The number of carbonyl (C=O) groups excluding carboxylic acids is 3. The highest BCUT2D eigenvalue weighted by Crippen LogP contribution is 2.35. The molecule has 2 rings (SSSR count). The van der Waals surface area contributed by atoms with Crippen molar-refractivity contribution >= 4 is 23.3 Å². The molecule has 0 aliphatic carbocycles. The molecule has 106 valence electrons. The zero-order valence-corrected chi connectivity index (χ0v) is 10.2. The van der Waals surface area contributed by atoms with E-state index in [0.29, 0.717) is 6.07 Å². The number of hydrogen-bond donors (Lipinski definition) is 0. The summed E-state index contributed by atoms with van der Waals surface area (Å²) in [5.74, 6) is -2.90. The molecule has 0 saturated heterocycles. The van der Waals surface area contributed by atoms with Gasteiger partial charge in [-0.1, -0.05) is 0 Å². The van der Waals surface area contributed by atoms with Gasteiger partial charge in [0.2, 0.25) is 0 Å². The molecule has 0 spiro atoms. The van der Waals surface area contributed by atoms with Crippen molar-refractivity contribution in [3.63, 3.8) is 0 Å². The van der Waals surface area contributed by atoms with Gasteiger partial charge in [0.05, 0.1) is 23.9 Å². The molecule has 0 atom stereocenters. The van der Waals surface area contributed by atoms with Crippen LogP contribution in [0.5, 0.6) is 0 Å². The van der Waals surface area contributed by atoms with Gasteiger partial charge in [-0.2, -0.15) is 13.2 Å². The number of amides is 1. The average molecular weight is 287 g/mol. The number of ketones is 1. The summed E-state index contributed by atoms with van der Waals surface area (Å²) in [5.41, 5.74) is -1.43. The number of fused-ring (bicyclic) bond motifs is 1. The predicted molar refractivity (Wildman–Crippen MR) is 60.1 cm³/mol. The van der Waals surface area contributed by atoms with Gasteiger partial charge in [-0.3, -0.25) is 19.3 Å². The lowest BCUT2D eigenvalue weighted by Crippen LogP contribution is -2.35. The standard InChI is InChI=1S/C12H8F3NO4/c1-20-9(17)5-16-8-3-2-6(12(13,14)15)4-7(8)10(18)11(16)19/h2-4H,5H2,1H3.